The van der Waals surface area contributed by atoms with E-state index in [2.05, 4.69) is 0 Å². The molecule has 0 fully saturated rings. The van der Waals surface area contributed by atoms with Gasteiger partial charge in [-0.1, -0.05) is 0 Å². The van der Waals surface area contributed by atoms with Crippen LogP contribution in [0.1, 0.15) is 0 Å². The predicted octanol–water partition coefficient (Wildman–Crippen LogP) is -1.75. The smallest absolute Gasteiger partial charge is 0.0629 e. The van der Waals surface area contributed by atoms with Crippen LogP contribution in [0.3, 0.4) is 0 Å². The maximum Gasteiger partial charge on any atom is 0.0629 e. The molecular weight excluding hydrogens is 162 g/mol. The average Bonchev–Trinajstić information content (AvgIpc) is 2.14. The number of hydrogen-bond acceptors (Lipinski definition) is 4. The van der Waals surface area contributed by atoms with E-state index in [0.717, 1.165) is 0 Å². The van der Waals surface area contributed by atoms with Gasteiger partial charge in [-0.05, 0) is 0 Å². The molecule has 0 unspecified atom stereocenters. The molecule has 12 heavy (non-hydrogen) atoms. The Labute approximate surface area is 71.8 Å². The molecule has 0 saturated heterocycles. The van der Waals surface area contributed by atoms with Crippen LogP contribution in [0.4, 0.5) is 0 Å². The largest absolute Gasteiger partial charge is 0.396 e. The second-order valence-electron chi connectivity index (χ2n) is 2.78. The van der Waals surface area contributed by atoms with E-state index in [1.54, 1.807) is 0 Å². The highest BCUT2D eigenvalue weighted by molar-refractivity contribution is 4.76. The van der Waals surface area contributed by atoms with Crippen molar-refractivity contribution < 1.29 is 20.1 Å². The summed E-state index contributed by atoms with van der Waals surface area (Å²) in [7, 11) is 0. The van der Waals surface area contributed by atoms with Gasteiger partial charge in [0.2, 0.25) is 0 Å². The molecule has 5 nitrogen and oxygen atoms in total. The lowest BCUT2D eigenvalue weighted by molar-refractivity contribution is -0.0563. The van der Waals surface area contributed by atoms with Gasteiger partial charge in [-0.2, -0.15) is 0 Å². The predicted molar refractivity (Wildman–Crippen MR) is 42.5 cm³/mol. The maximum atomic E-state index is 8.83. The molecule has 0 rings (SSSR count). The molecule has 73 valence electrons. The van der Waals surface area contributed by atoms with E-state index < -0.39 is 5.41 Å². The first-order valence-electron chi connectivity index (χ1n) is 3.79. The third-order valence-electron chi connectivity index (χ3n) is 1.66. The molecule has 0 bridgehead atoms. The molecule has 4 N–H and O–H groups in total. The molecule has 0 aliphatic rings. The SMILES string of the molecule is [NH]CCOCC(CO)(CO)CO. The second kappa shape index (κ2) is 6.33. The zero-order valence-corrected chi connectivity index (χ0v) is 6.99. The Kier molecular flexibility index (Phi) is 6.23. The van der Waals surface area contributed by atoms with Crippen LogP contribution in [0.15, 0.2) is 0 Å². The van der Waals surface area contributed by atoms with Crippen molar-refractivity contribution >= 4 is 0 Å². The van der Waals surface area contributed by atoms with E-state index in [4.69, 9.17) is 25.8 Å². The average molecular weight is 178 g/mol. The molecule has 0 atom stereocenters. The van der Waals surface area contributed by atoms with Crippen LogP contribution in [-0.2, 0) is 4.74 Å². The lowest BCUT2D eigenvalue weighted by atomic mass is 9.93. The Morgan fingerprint density at radius 3 is 1.92 bits per heavy atom. The number of aliphatic hydroxyl groups is 3. The van der Waals surface area contributed by atoms with Crippen LogP contribution in [0.5, 0.6) is 0 Å². The fourth-order valence-electron chi connectivity index (χ4n) is 0.648. The summed E-state index contributed by atoms with van der Waals surface area (Å²) in [6.07, 6.45) is 0. The highest BCUT2D eigenvalue weighted by Crippen LogP contribution is 2.14. The van der Waals surface area contributed by atoms with Crippen LogP contribution in [-0.4, -0.2) is 54.9 Å². The van der Waals surface area contributed by atoms with Gasteiger partial charge in [0.15, 0.2) is 0 Å². The van der Waals surface area contributed by atoms with Gasteiger partial charge in [0, 0.05) is 6.54 Å². The molecule has 0 spiro atoms. The maximum absolute atomic E-state index is 8.83. The minimum atomic E-state index is -0.963. The van der Waals surface area contributed by atoms with E-state index >= 15 is 0 Å². The van der Waals surface area contributed by atoms with E-state index in [9.17, 15) is 0 Å². The minimum absolute atomic E-state index is 0.0787. The first kappa shape index (κ1) is 11.8. The number of rotatable bonds is 7. The standard InChI is InChI=1S/C7H16NO4/c8-1-2-12-6-7(3-9,4-10)5-11/h8-11H,1-6H2. The molecule has 0 heterocycles. The molecule has 5 heteroatoms. The van der Waals surface area contributed by atoms with Gasteiger partial charge in [0.05, 0.1) is 38.4 Å². The van der Waals surface area contributed by atoms with Gasteiger partial charge in [-0.15, -0.1) is 0 Å². The van der Waals surface area contributed by atoms with E-state index in [1.165, 1.54) is 0 Å². The van der Waals surface area contributed by atoms with Crippen molar-refractivity contribution in [1.29, 1.82) is 0 Å². The summed E-state index contributed by atoms with van der Waals surface area (Å²) in [5, 5.41) is 26.5. The minimum Gasteiger partial charge on any atom is -0.396 e. The third-order valence-corrected chi connectivity index (χ3v) is 1.66. The normalized spacial score (nSPS) is 12.0. The number of aliphatic hydroxyl groups excluding tert-OH is 3. The Morgan fingerprint density at radius 1 is 1.08 bits per heavy atom. The van der Waals surface area contributed by atoms with Crippen molar-refractivity contribution in [3.63, 3.8) is 0 Å². The van der Waals surface area contributed by atoms with Gasteiger partial charge in [-0.25, -0.2) is 0 Å². The second-order valence-corrected chi connectivity index (χ2v) is 2.78. The third kappa shape index (κ3) is 3.46. The summed E-state index contributed by atoms with van der Waals surface area (Å²) in [4.78, 5) is 0. The van der Waals surface area contributed by atoms with Gasteiger partial charge < -0.3 is 20.1 Å². The molecular formula is C7H16NO4. The summed E-state index contributed by atoms with van der Waals surface area (Å²) in [5.74, 6) is 0. The highest BCUT2D eigenvalue weighted by Gasteiger charge is 2.28. The molecule has 0 aromatic carbocycles. The van der Waals surface area contributed by atoms with Gasteiger partial charge in [0.1, 0.15) is 0 Å². The monoisotopic (exact) mass is 178 g/mol. The first-order valence-corrected chi connectivity index (χ1v) is 3.79. The molecule has 0 aliphatic heterocycles. The van der Waals surface area contributed by atoms with Crippen molar-refractivity contribution in [2.75, 3.05) is 39.6 Å². The van der Waals surface area contributed by atoms with Crippen LogP contribution in [0.2, 0.25) is 0 Å². The number of ether oxygens (including phenoxy) is 1. The lowest BCUT2D eigenvalue weighted by Crippen LogP contribution is -2.39. The number of hydrogen-bond donors (Lipinski definition) is 3. The Hall–Kier alpha value is -0.200. The molecule has 0 aromatic rings. The lowest BCUT2D eigenvalue weighted by Gasteiger charge is -2.26. The van der Waals surface area contributed by atoms with Crippen LogP contribution in [0.25, 0.3) is 0 Å². The van der Waals surface area contributed by atoms with E-state index in [-0.39, 0.29) is 39.6 Å². The van der Waals surface area contributed by atoms with E-state index in [1.807, 2.05) is 0 Å². The van der Waals surface area contributed by atoms with Crippen LogP contribution in [0, 0.1) is 5.41 Å². The Morgan fingerprint density at radius 2 is 1.58 bits per heavy atom. The Bertz CT molecular complexity index is 97.3. The van der Waals surface area contributed by atoms with Crippen molar-refractivity contribution in [3.8, 4) is 0 Å². The van der Waals surface area contributed by atoms with Crippen molar-refractivity contribution in [3.05, 3.63) is 0 Å². The quantitative estimate of drug-likeness (QED) is 0.403. The van der Waals surface area contributed by atoms with Gasteiger partial charge >= 0.3 is 0 Å². The zero-order chi connectivity index (χ0) is 9.45. The molecule has 0 aliphatic carbocycles. The summed E-state index contributed by atoms with van der Waals surface area (Å²) in [6.45, 7) is -0.497. The fraction of sp³-hybridized carbons (Fsp3) is 1.00. The van der Waals surface area contributed by atoms with Crippen molar-refractivity contribution in [2.45, 2.75) is 0 Å². The van der Waals surface area contributed by atoms with Gasteiger partial charge in [0.25, 0.3) is 0 Å². The first-order chi connectivity index (χ1) is 5.74. The molecule has 0 amide bonds. The topological polar surface area (TPSA) is 93.7 Å². The highest BCUT2D eigenvalue weighted by atomic mass is 16.5. The van der Waals surface area contributed by atoms with Crippen molar-refractivity contribution in [1.82, 2.24) is 5.73 Å². The number of nitrogens with one attached hydrogen (secondary N) is 1. The fourth-order valence-corrected chi connectivity index (χ4v) is 0.648. The summed E-state index contributed by atoms with van der Waals surface area (Å²) >= 11 is 0. The van der Waals surface area contributed by atoms with E-state index in [0.29, 0.717) is 0 Å². The zero-order valence-electron chi connectivity index (χ0n) is 6.99. The molecule has 0 aromatic heterocycles. The summed E-state index contributed by atoms with van der Waals surface area (Å²) in [6, 6.07) is 0. The summed E-state index contributed by atoms with van der Waals surface area (Å²) in [5.41, 5.74) is 5.81. The summed E-state index contributed by atoms with van der Waals surface area (Å²) < 4.78 is 4.95. The van der Waals surface area contributed by atoms with Crippen LogP contribution < -0.4 is 5.73 Å². The van der Waals surface area contributed by atoms with Crippen molar-refractivity contribution in [2.24, 2.45) is 5.41 Å². The Balaban J connectivity index is 3.76. The van der Waals surface area contributed by atoms with Crippen LogP contribution >= 0.6 is 0 Å². The van der Waals surface area contributed by atoms with Gasteiger partial charge in [-0.3, -0.25) is 5.73 Å². The molecule has 0 saturated carbocycles. The molecule has 1 radical (unpaired) electrons.